The maximum Gasteiger partial charge on any atom is 0.416 e. The van der Waals surface area contributed by atoms with Crippen LogP contribution in [0.5, 0.6) is 5.75 Å². The molecule has 0 bridgehead atoms. The van der Waals surface area contributed by atoms with E-state index in [1.807, 2.05) is 0 Å². The average Bonchev–Trinajstić information content (AvgIpc) is 2.68. The topological polar surface area (TPSA) is 84.5 Å². The molecule has 0 saturated carbocycles. The Morgan fingerprint density at radius 1 is 1.09 bits per heavy atom. The van der Waals surface area contributed by atoms with Gasteiger partial charge in [0.1, 0.15) is 10.6 Å². The Kier molecular flexibility index (Phi) is 7.59. The van der Waals surface area contributed by atoms with Crippen molar-refractivity contribution in [1.82, 2.24) is 10.0 Å². The lowest BCUT2D eigenvalue weighted by atomic mass is 10.1. The molecule has 2 N–H and O–H groups in total. The average molecular weight is 468 g/mol. The highest BCUT2D eigenvalue weighted by atomic mass is 32.2. The fourth-order valence-electron chi connectivity index (χ4n) is 2.63. The molecule has 0 radical (unpaired) electrons. The summed E-state index contributed by atoms with van der Waals surface area (Å²) in [5.41, 5.74) is -1.36. The highest BCUT2D eigenvalue weighted by Crippen LogP contribution is 2.29. The van der Waals surface area contributed by atoms with Crippen molar-refractivity contribution in [2.75, 3.05) is 13.7 Å². The zero-order chi connectivity index (χ0) is 24.2. The van der Waals surface area contributed by atoms with Gasteiger partial charge in [0.15, 0.2) is 0 Å². The zero-order valence-corrected chi connectivity index (χ0v) is 18.7. The van der Waals surface area contributed by atoms with Crippen LogP contribution in [0.2, 0.25) is 0 Å². The molecule has 2 aromatic carbocycles. The molecule has 0 atom stereocenters. The van der Waals surface area contributed by atoms with Crippen LogP contribution in [0.3, 0.4) is 0 Å². The van der Waals surface area contributed by atoms with Gasteiger partial charge in [0, 0.05) is 16.7 Å². The fraction of sp³-hybridized carbons (Fsp3) is 0.318. The number of sulfonamides is 1. The van der Waals surface area contributed by atoms with E-state index in [1.54, 1.807) is 20.8 Å². The minimum atomic E-state index is -4.47. The van der Waals surface area contributed by atoms with Crippen LogP contribution in [-0.4, -0.2) is 33.5 Å². The van der Waals surface area contributed by atoms with Crippen LogP contribution in [0.1, 0.15) is 42.3 Å². The standard InChI is InChI=1S/C22H23F3N2O4S/c1-21(2,3)27-32(29,30)19-14-16(10-11-18(19)31-4)20(28)26-12-6-8-15-7-5-9-17(13-15)22(23,24)25/h5,7,9-11,13-14,27H,12H2,1-4H3,(H,26,28). The molecule has 0 fully saturated rings. The first-order valence-electron chi connectivity index (χ1n) is 9.39. The lowest BCUT2D eigenvalue weighted by Crippen LogP contribution is -2.40. The van der Waals surface area contributed by atoms with Crippen molar-refractivity contribution in [2.45, 2.75) is 37.4 Å². The maximum atomic E-state index is 12.7. The molecule has 1 amide bonds. The number of benzene rings is 2. The monoisotopic (exact) mass is 468 g/mol. The fourth-order valence-corrected chi connectivity index (χ4v) is 4.25. The van der Waals surface area contributed by atoms with E-state index in [0.29, 0.717) is 0 Å². The molecule has 10 heteroatoms. The van der Waals surface area contributed by atoms with Crippen molar-refractivity contribution in [3.05, 3.63) is 59.2 Å². The molecule has 0 aromatic heterocycles. The van der Waals surface area contributed by atoms with Gasteiger partial charge in [0.25, 0.3) is 5.91 Å². The van der Waals surface area contributed by atoms with Crippen molar-refractivity contribution < 1.29 is 31.1 Å². The molecule has 6 nitrogen and oxygen atoms in total. The van der Waals surface area contributed by atoms with Gasteiger partial charge in [-0.25, -0.2) is 13.1 Å². The first-order valence-corrected chi connectivity index (χ1v) is 10.9. The Balaban J connectivity index is 2.16. The summed E-state index contributed by atoms with van der Waals surface area (Å²) in [5.74, 6) is 4.60. The summed E-state index contributed by atoms with van der Waals surface area (Å²) in [6.07, 6.45) is -4.47. The van der Waals surface area contributed by atoms with Crippen LogP contribution in [-0.2, 0) is 16.2 Å². The molecule has 0 saturated heterocycles. The van der Waals surface area contributed by atoms with Crippen molar-refractivity contribution in [2.24, 2.45) is 0 Å². The first kappa shape index (κ1) is 25.2. The summed E-state index contributed by atoms with van der Waals surface area (Å²) in [4.78, 5) is 12.2. The Hall–Kier alpha value is -3.03. The molecule has 0 spiro atoms. The van der Waals surface area contributed by atoms with Gasteiger partial charge in [-0.2, -0.15) is 13.2 Å². The van der Waals surface area contributed by atoms with Crippen LogP contribution in [0.25, 0.3) is 0 Å². The van der Waals surface area contributed by atoms with Gasteiger partial charge in [-0.3, -0.25) is 4.79 Å². The van der Waals surface area contributed by atoms with E-state index < -0.39 is 33.2 Å². The number of amides is 1. The number of hydrogen-bond acceptors (Lipinski definition) is 4. The number of hydrogen-bond donors (Lipinski definition) is 2. The maximum absolute atomic E-state index is 12.7. The third kappa shape index (κ3) is 7.00. The minimum Gasteiger partial charge on any atom is -0.495 e. The summed E-state index contributed by atoms with van der Waals surface area (Å²) < 4.78 is 71.2. The number of ether oxygens (including phenoxy) is 1. The number of carbonyl (C=O) groups excluding carboxylic acids is 1. The Morgan fingerprint density at radius 2 is 1.78 bits per heavy atom. The van der Waals surface area contributed by atoms with E-state index in [2.05, 4.69) is 21.9 Å². The lowest BCUT2D eigenvalue weighted by molar-refractivity contribution is -0.137. The molecule has 2 rings (SSSR count). The Morgan fingerprint density at radius 3 is 2.38 bits per heavy atom. The van der Waals surface area contributed by atoms with Gasteiger partial charge in [-0.1, -0.05) is 17.9 Å². The van der Waals surface area contributed by atoms with Crippen LogP contribution < -0.4 is 14.8 Å². The molecule has 172 valence electrons. The van der Waals surface area contributed by atoms with E-state index in [-0.39, 0.29) is 28.3 Å². The summed E-state index contributed by atoms with van der Waals surface area (Å²) in [6.45, 7) is 4.88. The second kappa shape index (κ2) is 9.63. The van der Waals surface area contributed by atoms with Crippen molar-refractivity contribution in [3.8, 4) is 17.6 Å². The minimum absolute atomic E-state index is 0.0564. The number of methoxy groups -OCH3 is 1. The molecule has 0 unspecified atom stereocenters. The van der Waals surface area contributed by atoms with Gasteiger partial charge < -0.3 is 10.1 Å². The first-order chi connectivity index (χ1) is 14.7. The predicted molar refractivity (Wildman–Crippen MR) is 114 cm³/mol. The smallest absolute Gasteiger partial charge is 0.416 e. The second-order valence-electron chi connectivity index (χ2n) is 7.78. The normalized spacial score (nSPS) is 12.0. The Bertz CT molecular complexity index is 1160. The summed E-state index contributed by atoms with van der Waals surface area (Å²) in [6, 6.07) is 8.46. The molecule has 0 aliphatic rings. The molecule has 0 heterocycles. The predicted octanol–water partition coefficient (Wildman–Crippen LogP) is 3.57. The molecule has 2 aromatic rings. The number of carbonyl (C=O) groups is 1. The van der Waals surface area contributed by atoms with Crippen molar-refractivity contribution >= 4 is 15.9 Å². The van der Waals surface area contributed by atoms with Gasteiger partial charge in [-0.15, -0.1) is 0 Å². The van der Waals surface area contributed by atoms with Crippen molar-refractivity contribution in [1.29, 1.82) is 0 Å². The van der Waals surface area contributed by atoms with Gasteiger partial charge in [0.2, 0.25) is 10.0 Å². The van der Waals surface area contributed by atoms with Crippen molar-refractivity contribution in [3.63, 3.8) is 0 Å². The molecular formula is C22H23F3N2O4S. The summed E-state index contributed by atoms with van der Waals surface area (Å²) in [5, 5.41) is 2.49. The van der Waals surface area contributed by atoms with E-state index >= 15 is 0 Å². The third-order valence-electron chi connectivity index (χ3n) is 3.92. The van der Waals surface area contributed by atoms with E-state index in [9.17, 15) is 26.4 Å². The SMILES string of the molecule is COc1ccc(C(=O)NCC#Cc2cccc(C(F)(F)F)c2)cc1S(=O)(=O)NC(C)(C)C. The highest BCUT2D eigenvalue weighted by molar-refractivity contribution is 7.89. The van der Waals surface area contributed by atoms with E-state index in [0.717, 1.165) is 12.1 Å². The number of halogens is 3. The summed E-state index contributed by atoms with van der Waals surface area (Å²) >= 11 is 0. The van der Waals surface area contributed by atoms with Crippen LogP contribution in [0, 0.1) is 11.8 Å². The number of rotatable bonds is 5. The Labute approximate surface area is 185 Å². The third-order valence-corrected chi connectivity index (χ3v) is 5.70. The van der Waals surface area contributed by atoms with Gasteiger partial charge >= 0.3 is 6.18 Å². The van der Waals surface area contributed by atoms with Gasteiger partial charge in [-0.05, 0) is 57.2 Å². The number of nitrogens with one attached hydrogen (secondary N) is 2. The van der Waals surface area contributed by atoms with E-state index in [1.165, 1.54) is 37.4 Å². The number of alkyl halides is 3. The highest BCUT2D eigenvalue weighted by Gasteiger charge is 2.30. The molecular weight excluding hydrogens is 445 g/mol. The van der Waals surface area contributed by atoms with Crippen LogP contribution in [0.15, 0.2) is 47.4 Å². The van der Waals surface area contributed by atoms with E-state index in [4.69, 9.17) is 4.74 Å². The lowest BCUT2D eigenvalue weighted by Gasteiger charge is -2.21. The second-order valence-corrected chi connectivity index (χ2v) is 9.43. The molecule has 32 heavy (non-hydrogen) atoms. The van der Waals surface area contributed by atoms with Gasteiger partial charge in [0.05, 0.1) is 19.2 Å². The quantitative estimate of drug-likeness (QED) is 0.657. The van der Waals surface area contributed by atoms with Crippen LogP contribution >= 0.6 is 0 Å². The zero-order valence-electron chi connectivity index (χ0n) is 17.9. The van der Waals surface area contributed by atoms with Crippen LogP contribution in [0.4, 0.5) is 13.2 Å². The molecule has 0 aliphatic carbocycles. The largest absolute Gasteiger partial charge is 0.495 e. The summed E-state index contributed by atoms with van der Waals surface area (Å²) in [7, 11) is -2.65. The molecule has 0 aliphatic heterocycles.